The number of furan rings is 1. The van der Waals surface area contributed by atoms with Gasteiger partial charge in [0.2, 0.25) is 0 Å². The highest BCUT2D eigenvalue weighted by atomic mass is 16.3. The fourth-order valence-electron chi connectivity index (χ4n) is 0.655. The van der Waals surface area contributed by atoms with E-state index in [4.69, 9.17) is 10.2 Å². The van der Waals surface area contributed by atoms with Crippen LogP contribution in [0.3, 0.4) is 0 Å². The number of hydrogen-bond acceptors (Lipinski definition) is 4. The average molecular weight is 181 g/mol. The molecule has 0 aliphatic rings. The Hall–Kier alpha value is -1.62. The molecule has 5 nitrogen and oxygen atoms in total. The third kappa shape index (κ3) is 2.72. The minimum absolute atomic E-state index is 0.230. The second-order valence-electron chi connectivity index (χ2n) is 2.47. The lowest BCUT2D eigenvalue weighted by atomic mass is 10.4. The predicted molar refractivity (Wildman–Crippen MR) is 48.3 cm³/mol. The molecule has 13 heavy (non-hydrogen) atoms. The molecule has 0 spiro atoms. The van der Waals surface area contributed by atoms with Gasteiger partial charge in [-0.3, -0.25) is 4.79 Å². The smallest absolute Gasteiger partial charge is 0.307 e. The number of amides is 1. The van der Waals surface area contributed by atoms with Crippen molar-refractivity contribution in [2.75, 3.05) is 6.54 Å². The SMILES string of the molecule is CC(CN)=NNC(=O)c1ccco1. The summed E-state index contributed by atoms with van der Waals surface area (Å²) in [5.41, 5.74) is 8.24. The van der Waals surface area contributed by atoms with Gasteiger partial charge in [0.05, 0.1) is 6.26 Å². The third-order valence-corrected chi connectivity index (χ3v) is 1.39. The van der Waals surface area contributed by atoms with E-state index < -0.39 is 0 Å². The summed E-state index contributed by atoms with van der Waals surface area (Å²) in [6, 6.07) is 3.19. The van der Waals surface area contributed by atoms with Gasteiger partial charge < -0.3 is 10.2 Å². The molecule has 5 heteroatoms. The van der Waals surface area contributed by atoms with E-state index in [1.807, 2.05) is 0 Å². The molecule has 0 saturated carbocycles. The van der Waals surface area contributed by atoms with Crippen LogP contribution in [0.25, 0.3) is 0 Å². The molecule has 1 rings (SSSR count). The van der Waals surface area contributed by atoms with Crippen molar-refractivity contribution < 1.29 is 9.21 Å². The van der Waals surface area contributed by atoms with Crippen LogP contribution in [0.4, 0.5) is 0 Å². The molecular formula is C8H11N3O2. The van der Waals surface area contributed by atoms with Gasteiger partial charge in [0, 0.05) is 12.3 Å². The van der Waals surface area contributed by atoms with Crippen molar-refractivity contribution in [1.29, 1.82) is 0 Å². The van der Waals surface area contributed by atoms with Crippen LogP contribution in [0.1, 0.15) is 17.5 Å². The summed E-state index contributed by atoms with van der Waals surface area (Å²) < 4.78 is 4.85. The van der Waals surface area contributed by atoms with Gasteiger partial charge in [-0.15, -0.1) is 0 Å². The molecule has 1 aromatic heterocycles. The van der Waals surface area contributed by atoms with Crippen LogP contribution in [0.15, 0.2) is 27.9 Å². The summed E-state index contributed by atoms with van der Waals surface area (Å²) in [5, 5.41) is 3.73. The monoisotopic (exact) mass is 181 g/mol. The maximum atomic E-state index is 11.2. The molecule has 3 N–H and O–H groups in total. The van der Waals surface area contributed by atoms with Crippen molar-refractivity contribution in [1.82, 2.24) is 5.43 Å². The maximum Gasteiger partial charge on any atom is 0.307 e. The van der Waals surface area contributed by atoms with Crippen LogP contribution in [0, 0.1) is 0 Å². The first-order valence-electron chi connectivity index (χ1n) is 3.81. The molecule has 0 atom stereocenters. The summed E-state index contributed by atoms with van der Waals surface area (Å²) in [7, 11) is 0. The Labute approximate surface area is 75.6 Å². The van der Waals surface area contributed by atoms with E-state index in [1.54, 1.807) is 19.1 Å². The van der Waals surface area contributed by atoms with Crippen LogP contribution < -0.4 is 11.2 Å². The lowest BCUT2D eigenvalue weighted by molar-refractivity contribution is 0.0927. The van der Waals surface area contributed by atoms with Gasteiger partial charge in [-0.1, -0.05) is 0 Å². The number of hydrogen-bond donors (Lipinski definition) is 2. The zero-order valence-electron chi connectivity index (χ0n) is 7.28. The summed E-state index contributed by atoms with van der Waals surface area (Å²) in [6.07, 6.45) is 1.43. The third-order valence-electron chi connectivity index (χ3n) is 1.39. The van der Waals surface area contributed by atoms with E-state index in [1.165, 1.54) is 6.26 Å². The van der Waals surface area contributed by atoms with Crippen LogP contribution in [0.5, 0.6) is 0 Å². The molecule has 0 saturated heterocycles. The number of carbonyl (C=O) groups excluding carboxylic acids is 1. The van der Waals surface area contributed by atoms with Gasteiger partial charge in [0.15, 0.2) is 5.76 Å². The van der Waals surface area contributed by atoms with Crippen LogP contribution >= 0.6 is 0 Å². The van der Waals surface area contributed by atoms with Crippen molar-refractivity contribution >= 4 is 11.6 Å². The van der Waals surface area contributed by atoms with E-state index >= 15 is 0 Å². The number of nitrogens with two attached hydrogens (primary N) is 1. The molecule has 1 aromatic rings. The van der Waals surface area contributed by atoms with Gasteiger partial charge in [-0.05, 0) is 19.1 Å². The number of nitrogens with zero attached hydrogens (tertiary/aromatic N) is 1. The molecule has 1 heterocycles. The first-order chi connectivity index (χ1) is 6.24. The van der Waals surface area contributed by atoms with E-state index in [9.17, 15) is 4.79 Å². The summed E-state index contributed by atoms with van der Waals surface area (Å²) in [5.74, 6) is -0.147. The minimum atomic E-state index is -0.377. The second-order valence-corrected chi connectivity index (χ2v) is 2.47. The van der Waals surface area contributed by atoms with Gasteiger partial charge >= 0.3 is 5.91 Å². The van der Waals surface area contributed by atoms with E-state index in [0.717, 1.165) is 0 Å². The fourth-order valence-corrected chi connectivity index (χ4v) is 0.655. The van der Waals surface area contributed by atoms with Crippen molar-refractivity contribution in [3.05, 3.63) is 24.2 Å². The molecule has 0 aromatic carbocycles. The van der Waals surface area contributed by atoms with Crippen LogP contribution in [-0.4, -0.2) is 18.2 Å². The number of hydrazone groups is 1. The zero-order chi connectivity index (χ0) is 9.68. The van der Waals surface area contributed by atoms with E-state index in [2.05, 4.69) is 10.5 Å². The first kappa shape index (κ1) is 9.47. The summed E-state index contributed by atoms with van der Waals surface area (Å²) in [6.45, 7) is 2.04. The summed E-state index contributed by atoms with van der Waals surface area (Å²) in [4.78, 5) is 11.2. The quantitative estimate of drug-likeness (QED) is 0.521. The highest BCUT2D eigenvalue weighted by Crippen LogP contribution is 1.98. The topological polar surface area (TPSA) is 80.6 Å². The van der Waals surface area contributed by atoms with Gasteiger partial charge in [-0.25, -0.2) is 5.43 Å². The summed E-state index contributed by atoms with van der Waals surface area (Å²) >= 11 is 0. The molecule has 0 aliphatic heterocycles. The van der Waals surface area contributed by atoms with Gasteiger partial charge in [0.1, 0.15) is 0 Å². The number of nitrogens with one attached hydrogen (secondary N) is 1. The molecular weight excluding hydrogens is 170 g/mol. The highest BCUT2D eigenvalue weighted by Gasteiger charge is 2.05. The molecule has 0 radical (unpaired) electrons. The fraction of sp³-hybridized carbons (Fsp3) is 0.250. The maximum absolute atomic E-state index is 11.2. The first-order valence-corrected chi connectivity index (χ1v) is 3.81. The van der Waals surface area contributed by atoms with Crippen molar-refractivity contribution in [3.8, 4) is 0 Å². The lowest BCUT2D eigenvalue weighted by Gasteiger charge is -1.96. The van der Waals surface area contributed by atoms with Crippen LogP contribution in [0.2, 0.25) is 0 Å². The molecule has 70 valence electrons. The number of carbonyl (C=O) groups is 1. The zero-order valence-corrected chi connectivity index (χ0v) is 7.28. The van der Waals surface area contributed by atoms with Crippen LogP contribution in [-0.2, 0) is 0 Å². The lowest BCUT2D eigenvalue weighted by Crippen LogP contribution is -2.21. The largest absolute Gasteiger partial charge is 0.459 e. The normalized spacial score (nSPS) is 11.4. The van der Waals surface area contributed by atoms with Crippen molar-refractivity contribution in [2.24, 2.45) is 10.8 Å². The Morgan fingerprint density at radius 3 is 3.08 bits per heavy atom. The Kier molecular flexibility index (Phi) is 3.22. The highest BCUT2D eigenvalue weighted by molar-refractivity contribution is 5.93. The number of rotatable bonds is 3. The molecule has 0 unspecified atom stereocenters. The minimum Gasteiger partial charge on any atom is -0.459 e. The molecule has 1 amide bonds. The standard InChI is InChI=1S/C8H11N3O2/c1-6(5-9)10-11-8(12)7-3-2-4-13-7/h2-4H,5,9H2,1H3,(H,11,12). The Bertz CT molecular complexity index is 303. The molecule has 0 aliphatic carbocycles. The van der Waals surface area contributed by atoms with Gasteiger partial charge in [-0.2, -0.15) is 5.10 Å². The Morgan fingerprint density at radius 1 is 1.77 bits per heavy atom. The Balaban J connectivity index is 2.52. The van der Waals surface area contributed by atoms with E-state index in [0.29, 0.717) is 12.3 Å². The van der Waals surface area contributed by atoms with Crippen molar-refractivity contribution in [3.63, 3.8) is 0 Å². The molecule has 0 bridgehead atoms. The molecule has 0 fully saturated rings. The van der Waals surface area contributed by atoms with Crippen molar-refractivity contribution in [2.45, 2.75) is 6.92 Å². The van der Waals surface area contributed by atoms with E-state index in [-0.39, 0.29) is 11.7 Å². The second kappa shape index (κ2) is 4.42. The Morgan fingerprint density at radius 2 is 2.54 bits per heavy atom. The average Bonchev–Trinajstić information content (AvgIpc) is 2.66. The van der Waals surface area contributed by atoms with Gasteiger partial charge in [0.25, 0.3) is 0 Å². The predicted octanol–water partition coefficient (Wildman–Crippen LogP) is 0.344.